The Labute approximate surface area is 145 Å². The van der Waals surface area contributed by atoms with Gasteiger partial charge in [0, 0.05) is 31.4 Å². The summed E-state index contributed by atoms with van der Waals surface area (Å²) in [6.45, 7) is 5.10. The van der Waals surface area contributed by atoms with E-state index in [9.17, 15) is 18.5 Å². The number of likely N-dealkylation sites (N-methyl/N-ethyl adjacent to an activating group) is 1. The molecule has 1 amide bonds. The maximum atomic E-state index is 12.2. The number of nitriles is 1. The van der Waals surface area contributed by atoms with Gasteiger partial charge >= 0.3 is 0 Å². The van der Waals surface area contributed by atoms with Gasteiger partial charge in [0.05, 0.1) is 11.5 Å². The number of hydrogen-bond donors (Lipinski definition) is 1. The first-order valence-electron chi connectivity index (χ1n) is 8.22. The second-order valence-electron chi connectivity index (χ2n) is 6.54. The molecule has 1 heterocycles. The van der Waals surface area contributed by atoms with E-state index in [1.165, 1.54) is 6.20 Å². The van der Waals surface area contributed by atoms with Crippen LogP contribution >= 0.6 is 0 Å². The number of sulfone groups is 1. The molecule has 0 saturated carbocycles. The van der Waals surface area contributed by atoms with Gasteiger partial charge in [-0.2, -0.15) is 5.26 Å². The van der Waals surface area contributed by atoms with Crippen LogP contribution in [0.4, 0.5) is 0 Å². The van der Waals surface area contributed by atoms with Gasteiger partial charge in [0.15, 0.2) is 9.84 Å². The van der Waals surface area contributed by atoms with Gasteiger partial charge in [-0.05, 0) is 33.9 Å². The van der Waals surface area contributed by atoms with E-state index in [2.05, 4.69) is 5.32 Å². The van der Waals surface area contributed by atoms with E-state index < -0.39 is 15.7 Å². The molecule has 1 N–H and O–H groups in total. The average molecular weight is 356 g/mol. The summed E-state index contributed by atoms with van der Waals surface area (Å²) < 4.78 is 23.5. The minimum atomic E-state index is -3.03. The normalized spacial score (nSPS) is 21.3. The van der Waals surface area contributed by atoms with E-state index in [1.54, 1.807) is 0 Å². The minimum absolute atomic E-state index is 0.0124. The van der Waals surface area contributed by atoms with Crippen molar-refractivity contribution in [2.45, 2.75) is 38.8 Å². The Kier molecular flexibility index (Phi) is 7.70. The molecule has 0 radical (unpaired) electrons. The highest BCUT2D eigenvalue weighted by Gasteiger charge is 2.31. The third-order valence-corrected chi connectivity index (χ3v) is 5.88. The van der Waals surface area contributed by atoms with E-state index in [0.717, 1.165) is 6.42 Å². The second kappa shape index (κ2) is 9.04. The Hall–Kier alpha value is -1.59. The lowest BCUT2D eigenvalue weighted by atomic mass is 10.2. The third kappa shape index (κ3) is 6.49. The summed E-state index contributed by atoms with van der Waals surface area (Å²) in [7, 11) is 0.817. The monoisotopic (exact) mass is 356 g/mol. The molecule has 0 aromatic carbocycles. The number of hydrogen-bond acceptors (Lipinski definition) is 6. The Morgan fingerprint density at radius 1 is 1.42 bits per heavy atom. The highest BCUT2D eigenvalue weighted by molar-refractivity contribution is 7.91. The average Bonchev–Trinajstić information content (AvgIpc) is 2.86. The SMILES string of the molecule is CCC(C)NC(=O)/C(C#N)=C\N(CCN(C)C)C1CCS(=O)(=O)C1. The second-order valence-corrected chi connectivity index (χ2v) is 8.76. The maximum absolute atomic E-state index is 12.2. The lowest BCUT2D eigenvalue weighted by Gasteiger charge is -2.28. The van der Waals surface area contributed by atoms with E-state index in [0.29, 0.717) is 19.5 Å². The van der Waals surface area contributed by atoms with Crippen LogP contribution in [0.1, 0.15) is 26.7 Å². The van der Waals surface area contributed by atoms with Crippen LogP contribution in [0.3, 0.4) is 0 Å². The fourth-order valence-electron chi connectivity index (χ4n) is 2.41. The lowest BCUT2D eigenvalue weighted by molar-refractivity contribution is -0.117. The Morgan fingerprint density at radius 2 is 2.08 bits per heavy atom. The van der Waals surface area contributed by atoms with Crippen molar-refractivity contribution in [3.63, 3.8) is 0 Å². The van der Waals surface area contributed by atoms with Crippen molar-refractivity contribution in [1.29, 1.82) is 5.26 Å². The van der Waals surface area contributed by atoms with Crippen molar-refractivity contribution >= 4 is 15.7 Å². The number of nitrogens with zero attached hydrogens (tertiary/aromatic N) is 3. The molecule has 1 fully saturated rings. The number of nitrogens with one attached hydrogen (secondary N) is 1. The number of carbonyl (C=O) groups is 1. The van der Waals surface area contributed by atoms with Crippen LogP contribution in [0, 0.1) is 11.3 Å². The maximum Gasteiger partial charge on any atom is 0.263 e. The molecule has 0 bridgehead atoms. The van der Waals surface area contributed by atoms with Crippen molar-refractivity contribution in [2.75, 3.05) is 38.7 Å². The first-order chi connectivity index (χ1) is 11.2. The molecule has 2 atom stereocenters. The van der Waals surface area contributed by atoms with Crippen molar-refractivity contribution in [3.05, 3.63) is 11.8 Å². The molecule has 1 aliphatic rings. The van der Waals surface area contributed by atoms with Crippen molar-refractivity contribution in [1.82, 2.24) is 15.1 Å². The zero-order valence-corrected chi connectivity index (χ0v) is 15.8. The summed E-state index contributed by atoms with van der Waals surface area (Å²) >= 11 is 0. The van der Waals surface area contributed by atoms with Gasteiger partial charge in [0.2, 0.25) is 0 Å². The molecular weight excluding hydrogens is 328 g/mol. The summed E-state index contributed by atoms with van der Waals surface area (Å²) in [6, 6.07) is 1.74. The first-order valence-corrected chi connectivity index (χ1v) is 10.0. The van der Waals surface area contributed by atoms with Crippen molar-refractivity contribution in [2.24, 2.45) is 0 Å². The molecule has 0 aromatic rings. The zero-order valence-electron chi connectivity index (χ0n) is 14.9. The van der Waals surface area contributed by atoms with E-state index in [4.69, 9.17) is 0 Å². The van der Waals surface area contributed by atoms with Gasteiger partial charge < -0.3 is 15.1 Å². The molecule has 0 spiro atoms. The molecule has 1 saturated heterocycles. The van der Waals surface area contributed by atoms with Gasteiger partial charge in [-0.3, -0.25) is 4.79 Å². The van der Waals surface area contributed by atoms with Crippen LogP contribution in [0.25, 0.3) is 0 Å². The van der Waals surface area contributed by atoms with E-state index >= 15 is 0 Å². The van der Waals surface area contributed by atoms with Crippen molar-refractivity contribution in [3.8, 4) is 6.07 Å². The summed E-state index contributed by atoms with van der Waals surface area (Å²) in [6.07, 6.45) is 2.82. The molecule has 1 rings (SSSR count). The van der Waals surface area contributed by atoms with Crippen LogP contribution in [0.2, 0.25) is 0 Å². The van der Waals surface area contributed by atoms with Gasteiger partial charge in [0.1, 0.15) is 11.6 Å². The molecule has 2 unspecified atom stereocenters. The first kappa shape index (κ1) is 20.5. The van der Waals surface area contributed by atoms with E-state index in [1.807, 2.05) is 43.8 Å². The predicted molar refractivity (Wildman–Crippen MR) is 93.9 cm³/mol. The van der Waals surface area contributed by atoms with Crippen LogP contribution in [-0.2, 0) is 14.6 Å². The number of amides is 1. The summed E-state index contributed by atoms with van der Waals surface area (Å²) in [5.41, 5.74) is 0.0124. The lowest BCUT2D eigenvalue weighted by Crippen LogP contribution is -2.38. The predicted octanol–water partition coefficient (Wildman–Crippen LogP) is 0.359. The summed E-state index contributed by atoms with van der Waals surface area (Å²) in [4.78, 5) is 16.0. The number of rotatable bonds is 8. The molecule has 7 nitrogen and oxygen atoms in total. The molecule has 0 aliphatic carbocycles. The topological polar surface area (TPSA) is 93.5 Å². The van der Waals surface area contributed by atoms with Crippen LogP contribution in [0.15, 0.2) is 11.8 Å². The largest absolute Gasteiger partial charge is 0.371 e. The third-order valence-electron chi connectivity index (χ3n) is 4.13. The van der Waals surface area contributed by atoms with Crippen LogP contribution in [-0.4, -0.2) is 74.9 Å². The molecule has 1 aliphatic heterocycles. The molecular formula is C16H28N4O3S. The summed E-state index contributed by atoms with van der Waals surface area (Å²) in [5, 5.41) is 12.1. The molecule has 8 heteroatoms. The highest BCUT2D eigenvalue weighted by atomic mass is 32.2. The molecule has 136 valence electrons. The van der Waals surface area contributed by atoms with Gasteiger partial charge in [0.25, 0.3) is 5.91 Å². The van der Waals surface area contributed by atoms with Gasteiger partial charge in [-0.15, -0.1) is 0 Å². The summed E-state index contributed by atoms with van der Waals surface area (Å²) in [5.74, 6) is -0.185. The Morgan fingerprint density at radius 3 is 2.54 bits per heavy atom. The van der Waals surface area contributed by atoms with Gasteiger partial charge in [-0.25, -0.2) is 8.42 Å². The standard InChI is InChI=1S/C16H28N4O3S/c1-5-13(2)18-16(21)14(10-17)11-20(8-7-19(3)4)15-6-9-24(22,23)12-15/h11,13,15H,5-9,12H2,1-4H3,(H,18,21)/b14-11-. The van der Waals surface area contributed by atoms with Crippen molar-refractivity contribution < 1.29 is 13.2 Å². The number of carbonyl (C=O) groups excluding carboxylic acids is 1. The highest BCUT2D eigenvalue weighted by Crippen LogP contribution is 2.19. The fourth-order valence-corrected chi connectivity index (χ4v) is 4.15. The fraction of sp³-hybridized carbons (Fsp3) is 0.750. The van der Waals surface area contributed by atoms with E-state index in [-0.39, 0.29) is 29.2 Å². The Balaban J connectivity index is 2.95. The smallest absolute Gasteiger partial charge is 0.263 e. The minimum Gasteiger partial charge on any atom is -0.371 e. The van der Waals surface area contributed by atoms with Crippen LogP contribution in [0.5, 0.6) is 0 Å². The van der Waals surface area contributed by atoms with Crippen LogP contribution < -0.4 is 5.32 Å². The van der Waals surface area contributed by atoms with Gasteiger partial charge in [-0.1, -0.05) is 6.92 Å². The quantitative estimate of drug-likeness (QED) is 0.498. The Bertz CT molecular complexity index is 607. The zero-order chi connectivity index (χ0) is 18.3. The molecule has 24 heavy (non-hydrogen) atoms. The molecule has 0 aromatic heterocycles.